The van der Waals surface area contributed by atoms with Gasteiger partial charge in [0.1, 0.15) is 17.0 Å². The third-order valence-electron chi connectivity index (χ3n) is 1.90. The number of hydrogen-bond acceptors (Lipinski definition) is 3. The molecule has 0 unspecified atom stereocenters. The molecule has 84 valence electrons. The van der Waals surface area contributed by atoms with Gasteiger partial charge in [0.25, 0.3) is 0 Å². The van der Waals surface area contributed by atoms with E-state index in [1.165, 1.54) is 6.07 Å². The summed E-state index contributed by atoms with van der Waals surface area (Å²) in [6.45, 7) is 1.60. The second-order valence-electron chi connectivity index (χ2n) is 3.12. The van der Waals surface area contributed by atoms with Crippen LogP contribution in [0.5, 0.6) is 0 Å². The van der Waals surface area contributed by atoms with E-state index in [1.807, 2.05) is 0 Å². The summed E-state index contributed by atoms with van der Waals surface area (Å²) in [6, 6.07) is 2.09. The van der Waals surface area contributed by atoms with Crippen molar-refractivity contribution in [2.45, 2.75) is 13.1 Å². The quantitative estimate of drug-likeness (QED) is 0.672. The van der Waals surface area contributed by atoms with Crippen LogP contribution >= 0.6 is 11.6 Å². The van der Waals surface area contributed by atoms with Crippen LogP contribution in [0.2, 0.25) is 5.15 Å². The Bertz CT molecular complexity index is 553. The van der Waals surface area contributed by atoms with Crippen LogP contribution in [0.3, 0.4) is 0 Å². The van der Waals surface area contributed by atoms with Gasteiger partial charge in [0.15, 0.2) is 5.15 Å². The van der Waals surface area contributed by atoms with Crippen molar-refractivity contribution in [3.8, 4) is 0 Å². The van der Waals surface area contributed by atoms with Crippen LogP contribution in [-0.4, -0.2) is 15.0 Å². The Morgan fingerprint density at radius 3 is 2.44 bits per heavy atom. The first-order chi connectivity index (χ1) is 7.38. The van der Waals surface area contributed by atoms with Gasteiger partial charge in [-0.25, -0.2) is 15.0 Å². The minimum absolute atomic E-state index is 0.0397. The number of rotatable bonds is 0. The highest BCUT2D eigenvalue weighted by atomic mass is 35.5. The Kier molecular flexibility index (Phi) is 2.46. The van der Waals surface area contributed by atoms with Gasteiger partial charge in [0.2, 0.25) is 0 Å². The normalized spacial score (nSPS) is 12.1. The fraction of sp³-hybridized carbons (Fsp3) is 0.222. The van der Waals surface area contributed by atoms with Crippen LogP contribution in [-0.2, 0) is 6.18 Å². The van der Waals surface area contributed by atoms with Gasteiger partial charge in [-0.3, -0.25) is 0 Å². The molecule has 0 spiro atoms. The molecule has 0 amide bonds. The molecule has 0 N–H and O–H groups in total. The van der Waals surface area contributed by atoms with E-state index >= 15 is 0 Å². The molecule has 0 bridgehead atoms. The van der Waals surface area contributed by atoms with E-state index in [4.69, 9.17) is 11.6 Å². The molecular weight excluding hydrogens is 243 g/mol. The lowest BCUT2D eigenvalue weighted by molar-refractivity contribution is -0.140. The zero-order chi connectivity index (χ0) is 11.9. The van der Waals surface area contributed by atoms with Crippen LogP contribution in [0.25, 0.3) is 11.0 Å². The molecule has 0 aromatic carbocycles. The monoisotopic (exact) mass is 247 g/mol. The fourth-order valence-electron chi connectivity index (χ4n) is 1.25. The molecule has 16 heavy (non-hydrogen) atoms. The number of fused-ring (bicyclic) bond motifs is 1. The highest BCUT2D eigenvalue weighted by molar-refractivity contribution is 6.33. The number of pyridine rings is 1. The summed E-state index contributed by atoms with van der Waals surface area (Å²) in [7, 11) is 0. The minimum atomic E-state index is -4.50. The lowest BCUT2D eigenvalue weighted by Gasteiger charge is -2.07. The number of hydrogen-bond donors (Lipinski definition) is 0. The SMILES string of the molecule is Cc1nc(Cl)c2nc(C(F)(F)F)ccc2n1. The van der Waals surface area contributed by atoms with Gasteiger partial charge in [0.05, 0.1) is 5.52 Å². The molecule has 0 fully saturated rings. The summed E-state index contributed by atoms with van der Waals surface area (Å²) in [5.41, 5.74) is -0.748. The zero-order valence-corrected chi connectivity index (χ0v) is 8.76. The third kappa shape index (κ3) is 1.92. The minimum Gasteiger partial charge on any atom is -0.238 e. The van der Waals surface area contributed by atoms with Crippen LogP contribution < -0.4 is 0 Å². The van der Waals surface area contributed by atoms with Gasteiger partial charge in [-0.15, -0.1) is 0 Å². The molecule has 0 aliphatic heterocycles. The van der Waals surface area contributed by atoms with Crippen LogP contribution in [0.4, 0.5) is 13.2 Å². The Balaban J connectivity index is 2.72. The van der Waals surface area contributed by atoms with Crippen molar-refractivity contribution in [1.29, 1.82) is 0 Å². The van der Waals surface area contributed by atoms with Crippen LogP contribution in [0.15, 0.2) is 12.1 Å². The van der Waals surface area contributed by atoms with E-state index in [0.717, 1.165) is 6.07 Å². The van der Waals surface area contributed by atoms with Crippen molar-refractivity contribution in [2.75, 3.05) is 0 Å². The van der Waals surface area contributed by atoms with E-state index in [1.54, 1.807) is 6.92 Å². The van der Waals surface area contributed by atoms with Crippen molar-refractivity contribution >= 4 is 22.6 Å². The molecule has 0 aliphatic rings. The highest BCUT2D eigenvalue weighted by Crippen LogP contribution is 2.29. The van der Waals surface area contributed by atoms with Gasteiger partial charge in [-0.2, -0.15) is 13.2 Å². The fourth-order valence-corrected chi connectivity index (χ4v) is 1.51. The topological polar surface area (TPSA) is 38.7 Å². The Morgan fingerprint density at radius 2 is 1.81 bits per heavy atom. The first kappa shape index (κ1) is 11.1. The van der Waals surface area contributed by atoms with Gasteiger partial charge < -0.3 is 0 Å². The molecule has 0 atom stereocenters. The molecule has 2 rings (SSSR count). The maximum absolute atomic E-state index is 12.4. The standard InChI is InChI=1S/C9H5ClF3N3/c1-4-14-5-2-3-6(9(11,12)13)16-7(5)8(10)15-4/h2-3H,1H3. The molecular formula is C9H5ClF3N3. The summed E-state index contributed by atoms with van der Waals surface area (Å²) in [5, 5.41) is -0.0754. The van der Waals surface area contributed by atoms with Crippen molar-refractivity contribution in [1.82, 2.24) is 15.0 Å². The first-order valence-electron chi connectivity index (χ1n) is 4.26. The summed E-state index contributed by atoms with van der Waals surface area (Å²) in [4.78, 5) is 11.1. The Labute approximate surface area is 93.3 Å². The van der Waals surface area contributed by atoms with E-state index < -0.39 is 11.9 Å². The molecule has 2 heterocycles. The molecule has 7 heteroatoms. The Morgan fingerprint density at radius 1 is 1.12 bits per heavy atom. The van der Waals surface area contributed by atoms with Gasteiger partial charge in [-0.1, -0.05) is 11.6 Å². The van der Waals surface area contributed by atoms with Crippen molar-refractivity contribution in [3.05, 3.63) is 28.8 Å². The maximum Gasteiger partial charge on any atom is 0.433 e. The average molecular weight is 248 g/mol. The molecule has 2 aromatic rings. The smallest absolute Gasteiger partial charge is 0.238 e. The zero-order valence-electron chi connectivity index (χ0n) is 8.01. The number of halogens is 4. The highest BCUT2D eigenvalue weighted by Gasteiger charge is 2.32. The molecule has 2 aromatic heterocycles. The second kappa shape index (κ2) is 3.55. The molecule has 0 radical (unpaired) electrons. The van der Waals surface area contributed by atoms with Crippen molar-refractivity contribution < 1.29 is 13.2 Å². The summed E-state index contributed by atoms with van der Waals surface area (Å²) in [6.07, 6.45) is -4.50. The lowest BCUT2D eigenvalue weighted by atomic mass is 10.3. The number of aryl methyl sites for hydroxylation is 1. The van der Waals surface area contributed by atoms with Gasteiger partial charge >= 0.3 is 6.18 Å². The molecule has 3 nitrogen and oxygen atoms in total. The first-order valence-corrected chi connectivity index (χ1v) is 4.64. The van der Waals surface area contributed by atoms with Gasteiger partial charge in [-0.05, 0) is 19.1 Å². The lowest BCUT2D eigenvalue weighted by Crippen LogP contribution is -2.08. The average Bonchev–Trinajstić information content (AvgIpc) is 2.15. The van der Waals surface area contributed by atoms with Crippen molar-refractivity contribution in [3.63, 3.8) is 0 Å². The summed E-state index contributed by atoms with van der Waals surface area (Å²) >= 11 is 5.70. The van der Waals surface area contributed by atoms with E-state index in [2.05, 4.69) is 15.0 Å². The maximum atomic E-state index is 12.4. The van der Waals surface area contributed by atoms with Gasteiger partial charge in [0, 0.05) is 0 Å². The van der Waals surface area contributed by atoms with E-state index in [0.29, 0.717) is 11.3 Å². The Hall–Kier alpha value is -1.43. The number of nitrogens with zero attached hydrogens (tertiary/aromatic N) is 3. The van der Waals surface area contributed by atoms with Crippen LogP contribution in [0, 0.1) is 6.92 Å². The summed E-state index contributed by atoms with van der Waals surface area (Å²) < 4.78 is 37.1. The predicted molar refractivity (Wildman–Crippen MR) is 52.1 cm³/mol. The molecule has 0 saturated carbocycles. The predicted octanol–water partition coefficient (Wildman–Crippen LogP) is 3.01. The molecule has 0 saturated heterocycles. The molecule has 0 aliphatic carbocycles. The number of alkyl halides is 3. The van der Waals surface area contributed by atoms with Crippen molar-refractivity contribution in [2.24, 2.45) is 0 Å². The largest absolute Gasteiger partial charge is 0.433 e. The summed E-state index contributed by atoms with van der Waals surface area (Å²) in [5.74, 6) is 0.388. The third-order valence-corrected chi connectivity index (χ3v) is 2.17. The number of aromatic nitrogens is 3. The van der Waals surface area contributed by atoms with E-state index in [9.17, 15) is 13.2 Å². The van der Waals surface area contributed by atoms with E-state index in [-0.39, 0.29) is 10.7 Å². The second-order valence-corrected chi connectivity index (χ2v) is 3.48. The van der Waals surface area contributed by atoms with Crippen LogP contribution in [0.1, 0.15) is 11.5 Å².